The Balaban J connectivity index is 3.29. The van der Waals surface area contributed by atoms with Crippen molar-refractivity contribution < 1.29 is 23.2 Å². The van der Waals surface area contributed by atoms with Gasteiger partial charge in [0.15, 0.2) is 15.1 Å². The third-order valence-electron chi connectivity index (χ3n) is 3.18. The maximum atomic E-state index is 12.1. The molecule has 1 unspecified atom stereocenters. The standard InChI is InChI=1S/C12H16N2O6S/c1-4-10(12(15)16)21(19,20)6-9-8(3)11(14(17)18)7(2)5-13-9/h5,10H,4,6H2,1-3H3,(H,15,16). The summed E-state index contributed by atoms with van der Waals surface area (Å²) in [6, 6.07) is 0. The van der Waals surface area contributed by atoms with E-state index in [0.717, 1.165) is 0 Å². The van der Waals surface area contributed by atoms with Crippen molar-refractivity contribution in [1.29, 1.82) is 0 Å². The molecule has 1 atom stereocenters. The smallest absolute Gasteiger partial charge is 0.321 e. The maximum absolute atomic E-state index is 12.1. The summed E-state index contributed by atoms with van der Waals surface area (Å²) in [6.45, 7) is 4.36. The highest BCUT2D eigenvalue weighted by molar-refractivity contribution is 7.92. The molecule has 1 N–H and O–H groups in total. The lowest BCUT2D eigenvalue weighted by Gasteiger charge is -2.12. The van der Waals surface area contributed by atoms with Crippen LogP contribution >= 0.6 is 0 Å². The number of hydrogen-bond acceptors (Lipinski definition) is 6. The van der Waals surface area contributed by atoms with Gasteiger partial charge in [-0.25, -0.2) is 8.42 Å². The van der Waals surface area contributed by atoms with E-state index in [1.807, 2.05) is 0 Å². The van der Waals surface area contributed by atoms with Gasteiger partial charge in [0.25, 0.3) is 5.69 Å². The normalized spacial score (nSPS) is 12.9. The Kier molecular flexibility index (Phi) is 5.00. The second-order valence-corrected chi connectivity index (χ2v) is 6.84. The number of aromatic nitrogens is 1. The Morgan fingerprint density at radius 3 is 2.48 bits per heavy atom. The first-order chi connectivity index (χ1) is 9.61. The lowest BCUT2D eigenvalue weighted by Crippen LogP contribution is -2.31. The number of carbonyl (C=O) groups is 1. The van der Waals surface area contributed by atoms with Crippen LogP contribution in [0.5, 0.6) is 0 Å². The summed E-state index contributed by atoms with van der Waals surface area (Å²) in [5.74, 6) is -2.07. The number of nitrogens with zero attached hydrogens (tertiary/aromatic N) is 2. The summed E-state index contributed by atoms with van der Waals surface area (Å²) in [5, 5.41) is 18.4. The largest absolute Gasteiger partial charge is 0.480 e. The van der Waals surface area contributed by atoms with Crippen molar-refractivity contribution in [1.82, 2.24) is 4.98 Å². The predicted octanol–water partition coefficient (Wildman–Crippen LogP) is 1.38. The van der Waals surface area contributed by atoms with Gasteiger partial charge in [-0.2, -0.15) is 0 Å². The fourth-order valence-electron chi connectivity index (χ4n) is 2.06. The number of aliphatic carboxylic acids is 1. The van der Waals surface area contributed by atoms with Gasteiger partial charge in [0, 0.05) is 17.3 Å². The number of aryl methyl sites for hydroxylation is 1. The Bertz CT molecular complexity index is 683. The molecule has 0 aliphatic carbocycles. The first-order valence-corrected chi connectivity index (χ1v) is 7.87. The molecule has 0 spiro atoms. The molecular formula is C12H16N2O6S. The minimum atomic E-state index is -3.99. The predicted molar refractivity (Wildman–Crippen MR) is 74.7 cm³/mol. The molecule has 0 aliphatic heterocycles. The van der Waals surface area contributed by atoms with Crippen molar-refractivity contribution >= 4 is 21.5 Å². The molecule has 1 aromatic heterocycles. The van der Waals surface area contributed by atoms with E-state index in [1.54, 1.807) is 0 Å². The molecule has 0 amide bonds. The van der Waals surface area contributed by atoms with Gasteiger partial charge in [0.1, 0.15) is 0 Å². The lowest BCUT2D eigenvalue weighted by molar-refractivity contribution is -0.386. The van der Waals surface area contributed by atoms with Crippen molar-refractivity contribution in [3.8, 4) is 0 Å². The third kappa shape index (κ3) is 3.54. The fourth-order valence-corrected chi connectivity index (χ4v) is 3.75. The average molecular weight is 316 g/mol. The zero-order valence-electron chi connectivity index (χ0n) is 11.9. The van der Waals surface area contributed by atoms with E-state index >= 15 is 0 Å². The first kappa shape index (κ1) is 17.0. The van der Waals surface area contributed by atoms with Crippen molar-refractivity contribution in [2.24, 2.45) is 0 Å². The SMILES string of the molecule is CCC(C(=O)O)S(=O)(=O)Cc1ncc(C)c([N+](=O)[O-])c1C. The molecule has 1 rings (SSSR count). The van der Waals surface area contributed by atoms with Crippen LogP contribution in [0, 0.1) is 24.0 Å². The maximum Gasteiger partial charge on any atom is 0.321 e. The topological polar surface area (TPSA) is 127 Å². The summed E-state index contributed by atoms with van der Waals surface area (Å²) in [5.41, 5.74) is 0.276. The van der Waals surface area contributed by atoms with E-state index in [4.69, 9.17) is 5.11 Å². The Morgan fingerprint density at radius 1 is 1.48 bits per heavy atom. The first-order valence-electron chi connectivity index (χ1n) is 6.15. The molecule has 0 aromatic carbocycles. The molecule has 8 nitrogen and oxygen atoms in total. The van der Waals surface area contributed by atoms with Gasteiger partial charge in [-0.3, -0.25) is 19.9 Å². The second-order valence-electron chi connectivity index (χ2n) is 4.66. The number of carboxylic acid groups (broad SMARTS) is 1. The second kappa shape index (κ2) is 6.17. The van der Waals surface area contributed by atoms with E-state index in [0.29, 0.717) is 5.56 Å². The number of sulfone groups is 1. The number of hydrogen-bond donors (Lipinski definition) is 1. The monoisotopic (exact) mass is 316 g/mol. The van der Waals surface area contributed by atoms with Crippen molar-refractivity contribution in [3.63, 3.8) is 0 Å². The van der Waals surface area contributed by atoms with Gasteiger partial charge in [-0.1, -0.05) is 6.92 Å². The molecule has 0 bridgehead atoms. The Hall–Kier alpha value is -2.03. The van der Waals surface area contributed by atoms with Gasteiger partial charge in [-0.05, 0) is 20.3 Å². The molecule has 0 radical (unpaired) electrons. The van der Waals surface area contributed by atoms with E-state index in [9.17, 15) is 23.3 Å². The van der Waals surface area contributed by atoms with Crippen LogP contribution in [0.1, 0.15) is 30.2 Å². The van der Waals surface area contributed by atoms with Crippen LogP contribution in [0.3, 0.4) is 0 Å². The van der Waals surface area contributed by atoms with Crippen molar-refractivity contribution in [2.75, 3.05) is 0 Å². The Morgan fingerprint density at radius 2 is 2.05 bits per heavy atom. The van der Waals surface area contributed by atoms with Crippen LogP contribution in [0.15, 0.2) is 6.20 Å². The molecule has 9 heteroatoms. The van der Waals surface area contributed by atoms with Gasteiger partial charge >= 0.3 is 5.97 Å². The fraction of sp³-hybridized carbons (Fsp3) is 0.500. The van der Waals surface area contributed by atoms with Crippen LogP contribution in [0.25, 0.3) is 0 Å². The summed E-state index contributed by atoms with van der Waals surface area (Å²) in [7, 11) is -3.99. The minimum Gasteiger partial charge on any atom is -0.480 e. The molecule has 116 valence electrons. The number of pyridine rings is 1. The number of rotatable bonds is 6. The molecule has 0 saturated heterocycles. The summed E-state index contributed by atoms with van der Waals surface area (Å²) >= 11 is 0. The lowest BCUT2D eigenvalue weighted by atomic mass is 10.1. The summed E-state index contributed by atoms with van der Waals surface area (Å²) < 4.78 is 24.2. The molecule has 0 saturated carbocycles. The van der Waals surface area contributed by atoms with E-state index in [1.165, 1.54) is 27.0 Å². The molecule has 0 fully saturated rings. The van der Waals surface area contributed by atoms with Crippen molar-refractivity contribution in [2.45, 2.75) is 38.2 Å². The minimum absolute atomic E-state index is 0.00648. The highest BCUT2D eigenvalue weighted by Gasteiger charge is 2.32. The highest BCUT2D eigenvalue weighted by atomic mass is 32.2. The quantitative estimate of drug-likeness (QED) is 0.620. The average Bonchev–Trinajstić information content (AvgIpc) is 2.32. The molecule has 0 aliphatic rings. The van der Waals surface area contributed by atoms with Crippen LogP contribution < -0.4 is 0 Å². The van der Waals surface area contributed by atoms with E-state index < -0.39 is 31.7 Å². The highest BCUT2D eigenvalue weighted by Crippen LogP contribution is 2.26. The molecule has 21 heavy (non-hydrogen) atoms. The van der Waals surface area contributed by atoms with Gasteiger partial charge in [0.05, 0.1) is 16.4 Å². The number of nitro groups is 1. The van der Waals surface area contributed by atoms with Crippen LogP contribution in [-0.4, -0.2) is 34.7 Å². The molecular weight excluding hydrogens is 300 g/mol. The van der Waals surface area contributed by atoms with Gasteiger partial charge in [-0.15, -0.1) is 0 Å². The number of carboxylic acids is 1. The van der Waals surface area contributed by atoms with E-state index in [-0.39, 0.29) is 23.4 Å². The third-order valence-corrected chi connectivity index (χ3v) is 5.25. The zero-order chi connectivity index (χ0) is 16.4. The summed E-state index contributed by atoms with van der Waals surface area (Å²) in [6.07, 6.45) is 1.14. The van der Waals surface area contributed by atoms with Crippen LogP contribution in [0.2, 0.25) is 0 Å². The van der Waals surface area contributed by atoms with Crippen LogP contribution in [0.4, 0.5) is 5.69 Å². The van der Waals surface area contributed by atoms with Gasteiger partial charge < -0.3 is 5.11 Å². The van der Waals surface area contributed by atoms with Gasteiger partial charge in [0.2, 0.25) is 0 Å². The molecule has 1 aromatic rings. The zero-order valence-corrected chi connectivity index (χ0v) is 12.7. The van der Waals surface area contributed by atoms with E-state index in [2.05, 4.69) is 4.98 Å². The Labute approximate surface area is 121 Å². The molecule has 1 heterocycles. The summed E-state index contributed by atoms with van der Waals surface area (Å²) in [4.78, 5) is 25.3. The van der Waals surface area contributed by atoms with Crippen LogP contribution in [-0.2, 0) is 20.4 Å². The van der Waals surface area contributed by atoms with Crippen molar-refractivity contribution in [3.05, 3.63) is 33.1 Å².